The minimum absolute atomic E-state index is 0.142. The molecule has 0 aliphatic rings. The zero-order valence-corrected chi connectivity index (χ0v) is 14.8. The third-order valence-corrected chi connectivity index (χ3v) is 4.71. The second-order valence-corrected chi connectivity index (χ2v) is 7.28. The first-order valence-electron chi connectivity index (χ1n) is 7.14. The van der Waals surface area contributed by atoms with E-state index in [1.807, 2.05) is 0 Å². The SMILES string of the molecule is Cc1nc(N(C)C)nc(C)c1NS(=O)(=O)c1cccc(C(F)(F)F)c1. The fourth-order valence-corrected chi connectivity index (χ4v) is 3.30. The number of alkyl halides is 3. The van der Waals surface area contributed by atoms with Gasteiger partial charge in [-0.2, -0.15) is 13.2 Å². The van der Waals surface area contributed by atoms with E-state index in [0.29, 0.717) is 23.4 Å². The number of aryl methyl sites for hydroxylation is 2. The number of halogens is 3. The van der Waals surface area contributed by atoms with E-state index in [4.69, 9.17) is 0 Å². The maximum Gasteiger partial charge on any atom is 0.416 e. The van der Waals surface area contributed by atoms with Crippen LogP contribution < -0.4 is 9.62 Å². The predicted octanol–water partition coefficient (Wildman–Crippen LogP) is 2.98. The number of hydrogen-bond acceptors (Lipinski definition) is 5. The van der Waals surface area contributed by atoms with Gasteiger partial charge in [0.2, 0.25) is 5.95 Å². The quantitative estimate of drug-likeness (QED) is 0.891. The predicted molar refractivity (Wildman–Crippen MR) is 88.1 cm³/mol. The molecule has 2 rings (SSSR count). The van der Waals surface area contributed by atoms with E-state index in [9.17, 15) is 21.6 Å². The molecule has 0 fully saturated rings. The van der Waals surface area contributed by atoms with Crippen LogP contribution in [0.25, 0.3) is 0 Å². The van der Waals surface area contributed by atoms with Crippen molar-refractivity contribution in [2.75, 3.05) is 23.7 Å². The minimum atomic E-state index is -4.63. The zero-order chi connectivity index (χ0) is 19.0. The van der Waals surface area contributed by atoms with E-state index in [0.717, 1.165) is 18.2 Å². The van der Waals surface area contributed by atoms with Crippen molar-refractivity contribution >= 4 is 21.7 Å². The lowest BCUT2D eigenvalue weighted by atomic mass is 10.2. The van der Waals surface area contributed by atoms with E-state index in [1.165, 1.54) is 0 Å². The summed E-state index contributed by atoms with van der Waals surface area (Å²) in [4.78, 5) is 9.52. The number of rotatable bonds is 4. The van der Waals surface area contributed by atoms with Gasteiger partial charge in [-0.15, -0.1) is 0 Å². The van der Waals surface area contributed by atoms with E-state index in [2.05, 4.69) is 14.7 Å². The Kier molecular flexibility index (Phi) is 4.94. The molecule has 2 aromatic rings. The van der Waals surface area contributed by atoms with Gasteiger partial charge in [-0.25, -0.2) is 18.4 Å². The van der Waals surface area contributed by atoms with Gasteiger partial charge in [0, 0.05) is 14.1 Å². The third kappa shape index (κ3) is 4.19. The molecule has 0 atom stereocenters. The molecule has 1 heterocycles. The number of benzene rings is 1. The van der Waals surface area contributed by atoms with Crippen LogP contribution in [0.3, 0.4) is 0 Å². The van der Waals surface area contributed by atoms with Gasteiger partial charge in [0.15, 0.2) is 0 Å². The number of nitrogens with one attached hydrogen (secondary N) is 1. The molecule has 1 N–H and O–H groups in total. The van der Waals surface area contributed by atoms with Crippen molar-refractivity contribution in [1.82, 2.24) is 9.97 Å². The normalized spacial score (nSPS) is 12.1. The summed E-state index contributed by atoms with van der Waals surface area (Å²) in [6, 6.07) is 3.53. The molecule has 0 saturated carbocycles. The molecular weight excluding hydrogens is 357 g/mol. The van der Waals surface area contributed by atoms with Gasteiger partial charge in [0.25, 0.3) is 10.0 Å². The third-order valence-electron chi connectivity index (χ3n) is 3.37. The van der Waals surface area contributed by atoms with Crippen LogP contribution in [0.1, 0.15) is 17.0 Å². The lowest BCUT2D eigenvalue weighted by Crippen LogP contribution is -2.19. The molecule has 0 unspecified atom stereocenters. The zero-order valence-electron chi connectivity index (χ0n) is 14.0. The van der Waals surface area contributed by atoms with Crippen LogP contribution in [0.15, 0.2) is 29.2 Å². The molecule has 0 spiro atoms. The van der Waals surface area contributed by atoms with Crippen LogP contribution in [-0.4, -0.2) is 32.5 Å². The van der Waals surface area contributed by atoms with Gasteiger partial charge < -0.3 is 4.90 Å². The number of aromatic nitrogens is 2. The summed E-state index contributed by atoms with van der Waals surface area (Å²) in [6.07, 6.45) is -4.63. The molecule has 0 amide bonds. The minimum Gasteiger partial charge on any atom is -0.347 e. The van der Waals surface area contributed by atoms with E-state index in [1.54, 1.807) is 32.8 Å². The summed E-state index contributed by atoms with van der Waals surface area (Å²) in [6.45, 7) is 3.18. The first kappa shape index (κ1) is 19.0. The second kappa shape index (κ2) is 6.51. The molecule has 6 nitrogen and oxygen atoms in total. The highest BCUT2D eigenvalue weighted by atomic mass is 32.2. The average molecular weight is 374 g/mol. The Balaban J connectivity index is 2.44. The fraction of sp³-hybridized carbons (Fsp3) is 0.333. The molecule has 0 saturated heterocycles. The first-order valence-corrected chi connectivity index (χ1v) is 8.63. The molecule has 25 heavy (non-hydrogen) atoms. The Morgan fingerprint density at radius 3 is 2.12 bits per heavy atom. The van der Waals surface area contributed by atoms with E-state index < -0.39 is 26.7 Å². The molecule has 1 aromatic heterocycles. The summed E-state index contributed by atoms with van der Waals surface area (Å²) in [5, 5.41) is 0. The van der Waals surface area contributed by atoms with Crippen molar-refractivity contribution in [3.8, 4) is 0 Å². The summed E-state index contributed by atoms with van der Waals surface area (Å²) in [5.41, 5.74) is -0.162. The molecule has 0 aliphatic carbocycles. The molecule has 136 valence electrons. The van der Waals surface area contributed by atoms with Crippen molar-refractivity contribution in [1.29, 1.82) is 0 Å². The van der Waals surface area contributed by atoms with Crippen LogP contribution in [0.4, 0.5) is 24.8 Å². The molecule has 0 aliphatic heterocycles. The lowest BCUT2D eigenvalue weighted by molar-refractivity contribution is -0.137. The van der Waals surface area contributed by atoms with Crippen molar-refractivity contribution in [2.24, 2.45) is 0 Å². The Morgan fingerprint density at radius 2 is 1.64 bits per heavy atom. The van der Waals surface area contributed by atoms with Crippen LogP contribution >= 0.6 is 0 Å². The summed E-state index contributed by atoms with van der Waals surface area (Å²) in [5.74, 6) is 0.400. The van der Waals surface area contributed by atoms with Gasteiger partial charge in [0.1, 0.15) is 0 Å². The highest BCUT2D eigenvalue weighted by Gasteiger charge is 2.32. The van der Waals surface area contributed by atoms with Crippen molar-refractivity contribution < 1.29 is 21.6 Å². The monoisotopic (exact) mass is 374 g/mol. The van der Waals surface area contributed by atoms with E-state index >= 15 is 0 Å². The van der Waals surface area contributed by atoms with Gasteiger partial charge in [-0.3, -0.25) is 4.72 Å². The number of sulfonamides is 1. The van der Waals surface area contributed by atoms with Crippen LogP contribution in [0.2, 0.25) is 0 Å². The summed E-state index contributed by atoms with van der Waals surface area (Å²) >= 11 is 0. The number of hydrogen-bond donors (Lipinski definition) is 1. The van der Waals surface area contributed by atoms with Crippen LogP contribution in [-0.2, 0) is 16.2 Å². The average Bonchev–Trinajstić information content (AvgIpc) is 2.50. The molecule has 1 aromatic carbocycles. The highest BCUT2D eigenvalue weighted by molar-refractivity contribution is 7.92. The van der Waals surface area contributed by atoms with Crippen molar-refractivity contribution in [2.45, 2.75) is 24.9 Å². The Morgan fingerprint density at radius 1 is 1.08 bits per heavy atom. The van der Waals surface area contributed by atoms with Gasteiger partial charge in [-0.1, -0.05) is 6.07 Å². The molecule has 0 radical (unpaired) electrons. The largest absolute Gasteiger partial charge is 0.416 e. The highest BCUT2D eigenvalue weighted by Crippen LogP contribution is 2.31. The summed E-state index contributed by atoms with van der Waals surface area (Å²) in [7, 11) is -0.744. The lowest BCUT2D eigenvalue weighted by Gasteiger charge is -2.17. The van der Waals surface area contributed by atoms with Gasteiger partial charge >= 0.3 is 6.18 Å². The smallest absolute Gasteiger partial charge is 0.347 e. The number of anilines is 2. The van der Waals surface area contributed by atoms with Gasteiger partial charge in [0.05, 0.1) is 27.5 Å². The molecule has 0 bridgehead atoms. The van der Waals surface area contributed by atoms with Crippen LogP contribution in [0.5, 0.6) is 0 Å². The van der Waals surface area contributed by atoms with Crippen molar-refractivity contribution in [3.05, 3.63) is 41.2 Å². The van der Waals surface area contributed by atoms with Crippen molar-refractivity contribution in [3.63, 3.8) is 0 Å². The Bertz CT molecular complexity index is 873. The van der Waals surface area contributed by atoms with Crippen LogP contribution in [0, 0.1) is 13.8 Å². The topological polar surface area (TPSA) is 75.2 Å². The Hall–Kier alpha value is -2.36. The standard InChI is InChI=1S/C15H17F3N4O2S/c1-9-13(10(2)20-14(19-9)22(3)4)21-25(23,24)12-7-5-6-11(8-12)15(16,17)18/h5-8,21H,1-4H3. The maximum absolute atomic E-state index is 12.8. The summed E-state index contributed by atoms with van der Waals surface area (Å²) < 4.78 is 65.6. The van der Waals surface area contributed by atoms with Gasteiger partial charge in [-0.05, 0) is 32.0 Å². The number of nitrogens with zero attached hydrogens (tertiary/aromatic N) is 3. The second-order valence-electron chi connectivity index (χ2n) is 5.59. The molecular formula is C15H17F3N4O2S. The maximum atomic E-state index is 12.8. The Labute approximate surface area is 143 Å². The van der Waals surface area contributed by atoms with E-state index in [-0.39, 0.29) is 5.69 Å². The fourth-order valence-electron chi connectivity index (χ4n) is 2.08. The first-order chi connectivity index (χ1) is 11.4. The molecule has 10 heteroatoms.